The van der Waals surface area contributed by atoms with E-state index in [1.54, 1.807) is 24.3 Å². The lowest BCUT2D eigenvalue weighted by Gasteiger charge is -2.18. The Balaban J connectivity index is 1.85. The van der Waals surface area contributed by atoms with Crippen LogP contribution in [-0.4, -0.2) is 25.5 Å². The molecule has 0 saturated heterocycles. The van der Waals surface area contributed by atoms with Crippen molar-refractivity contribution in [2.24, 2.45) is 0 Å². The van der Waals surface area contributed by atoms with Gasteiger partial charge in [-0.25, -0.2) is 4.90 Å². The number of carbonyl (C=O) groups is 2. The Labute approximate surface area is 187 Å². The summed E-state index contributed by atoms with van der Waals surface area (Å²) in [6, 6.07) is 21.8. The monoisotopic (exact) mass is 428 g/mol. The van der Waals surface area contributed by atoms with Crippen LogP contribution >= 0.6 is 0 Å². The Morgan fingerprint density at radius 3 is 2.19 bits per heavy atom. The molecule has 4 rings (SSSR count). The van der Waals surface area contributed by atoms with Crippen molar-refractivity contribution in [1.82, 2.24) is 0 Å². The number of nitrogens with zero attached hydrogens (tertiary/aromatic N) is 1. The molecule has 162 valence electrons. The van der Waals surface area contributed by atoms with Gasteiger partial charge in [0.05, 0.1) is 30.7 Å². The number of para-hydroxylation sites is 4. The van der Waals surface area contributed by atoms with Gasteiger partial charge in [0.2, 0.25) is 0 Å². The number of hydrogen-bond acceptors (Lipinski definition) is 5. The molecule has 0 radical (unpaired) electrons. The third kappa shape index (κ3) is 3.83. The van der Waals surface area contributed by atoms with Crippen LogP contribution in [-0.2, 0) is 9.59 Å². The van der Waals surface area contributed by atoms with Gasteiger partial charge in [0.1, 0.15) is 17.2 Å². The molecule has 3 aromatic rings. The number of hydrogen-bond donors (Lipinski definition) is 1. The number of ether oxygens (including phenoxy) is 2. The van der Waals surface area contributed by atoms with Gasteiger partial charge in [0, 0.05) is 0 Å². The largest absolute Gasteiger partial charge is 0.495 e. The summed E-state index contributed by atoms with van der Waals surface area (Å²) in [5.74, 6) is 0.163. The molecule has 0 atom stereocenters. The Bertz CT molecular complexity index is 1200. The Hall–Kier alpha value is -4.06. The highest BCUT2D eigenvalue weighted by atomic mass is 16.5. The molecule has 1 N–H and O–H groups in total. The van der Waals surface area contributed by atoms with Crippen LogP contribution in [0.25, 0.3) is 5.57 Å². The zero-order valence-corrected chi connectivity index (χ0v) is 18.2. The molecule has 6 nitrogen and oxygen atoms in total. The lowest BCUT2D eigenvalue weighted by Crippen LogP contribution is -2.32. The first-order chi connectivity index (χ1) is 15.5. The Kier molecular flexibility index (Phi) is 5.94. The lowest BCUT2D eigenvalue weighted by molar-refractivity contribution is -0.120. The fourth-order valence-electron chi connectivity index (χ4n) is 3.65. The van der Waals surface area contributed by atoms with Gasteiger partial charge in [-0.15, -0.1) is 0 Å². The highest BCUT2D eigenvalue weighted by Gasteiger charge is 2.41. The number of benzene rings is 3. The van der Waals surface area contributed by atoms with Crippen molar-refractivity contribution in [2.45, 2.75) is 13.8 Å². The molecule has 0 unspecified atom stereocenters. The topological polar surface area (TPSA) is 67.9 Å². The zero-order valence-electron chi connectivity index (χ0n) is 18.2. The molecular formula is C26H24N2O4. The molecule has 1 aliphatic heterocycles. The minimum atomic E-state index is -0.457. The van der Waals surface area contributed by atoms with Crippen LogP contribution in [0, 0.1) is 6.92 Å². The molecule has 0 aliphatic carbocycles. The Morgan fingerprint density at radius 2 is 1.50 bits per heavy atom. The molecular weight excluding hydrogens is 404 g/mol. The molecule has 3 aromatic carbocycles. The maximum absolute atomic E-state index is 13.6. The fourth-order valence-corrected chi connectivity index (χ4v) is 3.65. The number of methoxy groups -OCH3 is 1. The summed E-state index contributed by atoms with van der Waals surface area (Å²) in [4.78, 5) is 28.4. The van der Waals surface area contributed by atoms with Crippen LogP contribution in [0.4, 0.5) is 11.4 Å². The van der Waals surface area contributed by atoms with Gasteiger partial charge in [0.25, 0.3) is 11.8 Å². The van der Waals surface area contributed by atoms with E-state index >= 15 is 0 Å². The summed E-state index contributed by atoms with van der Waals surface area (Å²) in [6.45, 7) is 4.34. The summed E-state index contributed by atoms with van der Waals surface area (Å²) in [7, 11) is 1.51. The van der Waals surface area contributed by atoms with E-state index in [0.29, 0.717) is 40.6 Å². The maximum Gasteiger partial charge on any atom is 0.282 e. The van der Waals surface area contributed by atoms with Crippen LogP contribution < -0.4 is 19.7 Å². The van der Waals surface area contributed by atoms with Crippen LogP contribution in [0.1, 0.15) is 18.1 Å². The second-order valence-corrected chi connectivity index (χ2v) is 7.29. The van der Waals surface area contributed by atoms with Gasteiger partial charge < -0.3 is 14.8 Å². The van der Waals surface area contributed by atoms with Gasteiger partial charge in [0.15, 0.2) is 0 Å². The van der Waals surface area contributed by atoms with E-state index in [9.17, 15) is 9.59 Å². The van der Waals surface area contributed by atoms with Gasteiger partial charge in [-0.1, -0.05) is 54.1 Å². The van der Waals surface area contributed by atoms with Gasteiger partial charge in [-0.2, -0.15) is 0 Å². The maximum atomic E-state index is 13.6. The number of aryl methyl sites for hydroxylation is 1. The van der Waals surface area contributed by atoms with Crippen molar-refractivity contribution in [1.29, 1.82) is 0 Å². The summed E-state index contributed by atoms with van der Waals surface area (Å²) in [6.07, 6.45) is 0. The molecule has 0 spiro atoms. The predicted octanol–water partition coefficient (Wildman–Crippen LogP) is 4.80. The van der Waals surface area contributed by atoms with Crippen LogP contribution in [0.15, 0.2) is 78.5 Å². The van der Waals surface area contributed by atoms with Gasteiger partial charge in [-0.3, -0.25) is 9.59 Å². The Morgan fingerprint density at radius 1 is 0.844 bits per heavy atom. The first kappa shape index (κ1) is 21.2. The number of anilines is 2. The molecule has 0 fully saturated rings. The van der Waals surface area contributed by atoms with E-state index in [0.717, 1.165) is 10.5 Å². The SMILES string of the molecule is CCOc1ccccc1NC1=C(c2ccc(C)cc2)C(=O)N(c2ccccc2OC)C1=O. The smallest absolute Gasteiger partial charge is 0.282 e. The molecule has 32 heavy (non-hydrogen) atoms. The summed E-state index contributed by atoms with van der Waals surface area (Å²) in [5, 5.41) is 3.18. The van der Waals surface area contributed by atoms with Crippen molar-refractivity contribution in [3.05, 3.63) is 89.6 Å². The molecule has 1 aliphatic rings. The van der Waals surface area contributed by atoms with Crippen LogP contribution in [0.3, 0.4) is 0 Å². The minimum Gasteiger partial charge on any atom is -0.495 e. The highest BCUT2D eigenvalue weighted by Crippen LogP contribution is 2.38. The van der Waals surface area contributed by atoms with E-state index in [1.807, 2.05) is 62.4 Å². The highest BCUT2D eigenvalue weighted by molar-refractivity contribution is 6.46. The molecule has 0 bridgehead atoms. The van der Waals surface area contributed by atoms with Gasteiger partial charge >= 0.3 is 0 Å². The molecule has 0 aromatic heterocycles. The van der Waals surface area contributed by atoms with Crippen molar-refractivity contribution in [2.75, 3.05) is 23.9 Å². The van der Waals surface area contributed by atoms with E-state index in [1.165, 1.54) is 7.11 Å². The molecule has 0 saturated carbocycles. The number of nitrogens with one attached hydrogen (secondary N) is 1. The average Bonchev–Trinajstić information content (AvgIpc) is 3.05. The second-order valence-electron chi connectivity index (χ2n) is 7.29. The predicted molar refractivity (Wildman–Crippen MR) is 125 cm³/mol. The minimum absolute atomic E-state index is 0.192. The quantitative estimate of drug-likeness (QED) is 0.548. The molecule has 2 amide bonds. The van der Waals surface area contributed by atoms with E-state index < -0.39 is 11.8 Å². The van der Waals surface area contributed by atoms with Crippen molar-refractivity contribution in [3.8, 4) is 11.5 Å². The summed E-state index contributed by atoms with van der Waals surface area (Å²) < 4.78 is 11.1. The number of amides is 2. The number of rotatable bonds is 7. The van der Waals surface area contributed by atoms with Gasteiger partial charge in [-0.05, 0) is 43.7 Å². The van der Waals surface area contributed by atoms with Crippen molar-refractivity contribution < 1.29 is 19.1 Å². The number of carbonyl (C=O) groups excluding carboxylic acids is 2. The third-order valence-electron chi connectivity index (χ3n) is 5.20. The first-order valence-corrected chi connectivity index (χ1v) is 10.4. The van der Waals surface area contributed by atoms with Crippen LogP contribution in [0.2, 0.25) is 0 Å². The number of imide groups is 1. The average molecular weight is 428 g/mol. The lowest BCUT2D eigenvalue weighted by atomic mass is 10.0. The third-order valence-corrected chi connectivity index (χ3v) is 5.20. The van der Waals surface area contributed by atoms with Crippen molar-refractivity contribution in [3.63, 3.8) is 0 Å². The standard InChI is InChI=1S/C26H24N2O4/c1-4-32-21-11-7-5-9-19(21)27-24-23(18-15-13-17(2)14-16-18)25(29)28(26(24)30)20-10-6-8-12-22(20)31-3/h5-16,27H,4H2,1-3H3. The fraction of sp³-hybridized carbons (Fsp3) is 0.154. The van der Waals surface area contributed by atoms with E-state index in [4.69, 9.17) is 9.47 Å². The molecule has 6 heteroatoms. The summed E-state index contributed by atoms with van der Waals surface area (Å²) in [5.41, 5.74) is 3.21. The van der Waals surface area contributed by atoms with E-state index in [-0.39, 0.29) is 5.70 Å². The van der Waals surface area contributed by atoms with E-state index in [2.05, 4.69) is 5.32 Å². The summed E-state index contributed by atoms with van der Waals surface area (Å²) >= 11 is 0. The normalized spacial score (nSPS) is 13.5. The van der Waals surface area contributed by atoms with Crippen molar-refractivity contribution >= 4 is 28.8 Å². The van der Waals surface area contributed by atoms with Crippen LogP contribution in [0.5, 0.6) is 11.5 Å². The second kappa shape index (κ2) is 8.98. The molecule has 1 heterocycles. The first-order valence-electron chi connectivity index (χ1n) is 10.4. The zero-order chi connectivity index (χ0) is 22.7.